The van der Waals surface area contributed by atoms with Gasteiger partial charge in [-0.3, -0.25) is 4.40 Å². The lowest BCUT2D eigenvalue weighted by Crippen LogP contribution is -2.48. The monoisotopic (exact) mass is 534 g/mol. The summed E-state index contributed by atoms with van der Waals surface area (Å²) in [4.78, 5) is 16.2. The van der Waals surface area contributed by atoms with Gasteiger partial charge in [0.05, 0.1) is 16.4 Å². The number of hydrogen-bond acceptors (Lipinski definition) is 3. The van der Waals surface area contributed by atoms with Crippen LogP contribution < -0.4 is 0 Å². The third-order valence-electron chi connectivity index (χ3n) is 13.1. The number of imidazole rings is 1. The fourth-order valence-electron chi connectivity index (χ4n) is 10.1. The van der Waals surface area contributed by atoms with Crippen LogP contribution in [0.5, 0.6) is 0 Å². The van der Waals surface area contributed by atoms with E-state index in [4.69, 9.17) is 15.0 Å². The predicted octanol–water partition coefficient (Wildman–Crippen LogP) is 8.79. The highest BCUT2D eigenvalue weighted by Crippen LogP contribution is 2.62. The molecule has 0 amide bonds. The molecule has 3 heterocycles. The molecule has 4 heteroatoms. The third-order valence-corrected chi connectivity index (χ3v) is 13.1. The Kier molecular flexibility index (Phi) is 4.59. The summed E-state index contributed by atoms with van der Waals surface area (Å²) in [6.45, 7) is 21.4. The Morgan fingerprint density at radius 1 is 0.750 bits per heavy atom. The molecular formula is C36H46N4. The zero-order valence-electron chi connectivity index (χ0n) is 26.1. The number of benzene rings is 1. The van der Waals surface area contributed by atoms with Gasteiger partial charge in [0, 0.05) is 16.5 Å². The molecule has 4 bridgehead atoms. The molecular weight excluding hydrogens is 488 g/mol. The minimum atomic E-state index is -0.147. The van der Waals surface area contributed by atoms with Crippen LogP contribution in [-0.4, -0.2) is 19.4 Å². The number of pyridine rings is 1. The van der Waals surface area contributed by atoms with E-state index in [1.807, 2.05) is 0 Å². The minimum absolute atomic E-state index is 0.0463. The molecule has 4 saturated carbocycles. The standard InChI is InChI=1S/C36H46N4/c1-32(2,3)31-39-29-23(10-11-28(38-29)36-17-20-12-21(18-36)14-22(13-20)19-36)30-37-26-15-24-25(16-27(26)40(30)31)34(6,7)35(8,9)33(24,4)5/h10-11,15-16,20-22H,12-14,17-19H2,1-9H3. The van der Waals surface area contributed by atoms with Crippen LogP contribution in [0.25, 0.3) is 27.7 Å². The summed E-state index contributed by atoms with van der Waals surface area (Å²) in [6.07, 6.45) is 8.34. The molecule has 4 fully saturated rings. The normalized spacial score (nSPS) is 31.5. The second kappa shape index (κ2) is 7.28. The lowest BCUT2D eigenvalue weighted by Gasteiger charge is -2.56. The van der Waals surface area contributed by atoms with Gasteiger partial charge < -0.3 is 0 Å². The topological polar surface area (TPSA) is 43.1 Å². The van der Waals surface area contributed by atoms with E-state index in [9.17, 15) is 0 Å². The third kappa shape index (κ3) is 2.96. The first-order chi connectivity index (χ1) is 18.6. The van der Waals surface area contributed by atoms with Crippen LogP contribution >= 0.6 is 0 Å². The molecule has 4 nitrogen and oxygen atoms in total. The molecule has 9 rings (SSSR count). The van der Waals surface area contributed by atoms with Gasteiger partial charge in [0.2, 0.25) is 0 Å². The van der Waals surface area contributed by atoms with Crippen LogP contribution in [0.1, 0.15) is 123 Å². The van der Waals surface area contributed by atoms with E-state index in [0.29, 0.717) is 0 Å². The van der Waals surface area contributed by atoms with Gasteiger partial charge in [-0.1, -0.05) is 62.3 Å². The number of aromatic nitrogens is 4. The Balaban J connectivity index is 1.38. The van der Waals surface area contributed by atoms with Gasteiger partial charge in [-0.15, -0.1) is 0 Å². The van der Waals surface area contributed by atoms with E-state index in [0.717, 1.165) is 45.8 Å². The summed E-state index contributed by atoms with van der Waals surface area (Å²) in [7, 11) is 0. The molecule has 1 aromatic carbocycles. The zero-order valence-corrected chi connectivity index (χ0v) is 26.1. The fourth-order valence-corrected chi connectivity index (χ4v) is 10.1. The molecule has 0 aliphatic heterocycles. The molecule has 0 spiro atoms. The van der Waals surface area contributed by atoms with Gasteiger partial charge in [-0.25, -0.2) is 15.0 Å². The smallest absolute Gasteiger partial charge is 0.165 e. The van der Waals surface area contributed by atoms with Gasteiger partial charge in [0.25, 0.3) is 0 Å². The molecule has 5 aliphatic rings. The van der Waals surface area contributed by atoms with Crippen molar-refractivity contribution < 1.29 is 0 Å². The second-order valence-corrected chi connectivity index (χ2v) is 17.0. The van der Waals surface area contributed by atoms with Gasteiger partial charge in [-0.05, 0) is 108 Å². The summed E-state index contributed by atoms with van der Waals surface area (Å²) < 4.78 is 2.36. The predicted molar refractivity (Wildman–Crippen MR) is 164 cm³/mol. The second-order valence-electron chi connectivity index (χ2n) is 17.0. The first-order valence-electron chi connectivity index (χ1n) is 15.8. The zero-order chi connectivity index (χ0) is 28.2. The maximum atomic E-state index is 5.42. The number of rotatable bonds is 1. The van der Waals surface area contributed by atoms with Crippen molar-refractivity contribution in [2.24, 2.45) is 23.2 Å². The van der Waals surface area contributed by atoms with Crippen LogP contribution in [0.3, 0.4) is 0 Å². The Hall–Kier alpha value is -2.49. The van der Waals surface area contributed by atoms with E-state index in [-0.39, 0.29) is 27.1 Å². The van der Waals surface area contributed by atoms with Gasteiger partial charge in [0.1, 0.15) is 5.82 Å². The first kappa shape index (κ1) is 25.2. The van der Waals surface area contributed by atoms with Crippen molar-refractivity contribution in [3.63, 3.8) is 0 Å². The highest BCUT2D eigenvalue weighted by Gasteiger charge is 2.57. The average molecular weight is 535 g/mol. The molecule has 0 atom stereocenters. The Labute approximate surface area is 239 Å². The number of nitrogens with zero attached hydrogens (tertiary/aromatic N) is 4. The summed E-state index contributed by atoms with van der Waals surface area (Å²) >= 11 is 0. The molecule has 4 aromatic rings. The summed E-state index contributed by atoms with van der Waals surface area (Å²) in [5.74, 6) is 3.77. The minimum Gasteiger partial charge on any atom is -0.279 e. The van der Waals surface area contributed by atoms with E-state index < -0.39 is 0 Å². The van der Waals surface area contributed by atoms with Crippen molar-refractivity contribution >= 4 is 27.7 Å². The van der Waals surface area contributed by atoms with Crippen LogP contribution in [0.4, 0.5) is 0 Å². The van der Waals surface area contributed by atoms with E-state index >= 15 is 0 Å². The van der Waals surface area contributed by atoms with Crippen molar-refractivity contribution in [2.45, 2.75) is 122 Å². The largest absolute Gasteiger partial charge is 0.279 e. The van der Waals surface area contributed by atoms with Crippen LogP contribution in [0.15, 0.2) is 24.3 Å². The summed E-state index contributed by atoms with van der Waals surface area (Å²) in [6, 6.07) is 9.49. The Bertz CT molecular complexity index is 1710. The van der Waals surface area contributed by atoms with E-state index in [2.05, 4.69) is 91.0 Å². The number of fused-ring (bicyclic) bond motifs is 6. The van der Waals surface area contributed by atoms with Crippen molar-refractivity contribution in [3.8, 4) is 0 Å². The first-order valence-corrected chi connectivity index (χ1v) is 15.8. The lowest BCUT2D eigenvalue weighted by atomic mass is 9.49. The highest BCUT2D eigenvalue weighted by atomic mass is 15.1. The van der Waals surface area contributed by atoms with E-state index in [1.165, 1.54) is 60.9 Å². The molecule has 5 aliphatic carbocycles. The van der Waals surface area contributed by atoms with Gasteiger partial charge in [0.15, 0.2) is 11.3 Å². The summed E-state index contributed by atoms with van der Waals surface area (Å²) in [5, 5.41) is 1.08. The van der Waals surface area contributed by atoms with Crippen LogP contribution in [0.2, 0.25) is 0 Å². The van der Waals surface area contributed by atoms with Crippen LogP contribution in [0, 0.1) is 23.2 Å². The SMILES string of the molecule is CC(C)(C)c1nc2nc(C34CC5CC(CC(C5)C3)C4)ccc2c2nc3cc4c(cc3n12)C(C)(C)C(C)(C)C4(C)C. The number of hydrogen-bond donors (Lipinski definition) is 0. The molecule has 0 unspecified atom stereocenters. The quantitative estimate of drug-likeness (QED) is 0.245. The Morgan fingerprint density at radius 2 is 1.32 bits per heavy atom. The maximum Gasteiger partial charge on any atom is 0.165 e. The molecule has 0 saturated heterocycles. The molecule has 0 radical (unpaired) electrons. The fraction of sp³-hybridized carbons (Fsp3) is 0.639. The molecule has 3 aromatic heterocycles. The van der Waals surface area contributed by atoms with Crippen molar-refractivity contribution in [1.29, 1.82) is 0 Å². The van der Waals surface area contributed by atoms with E-state index in [1.54, 1.807) is 0 Å². The molecule has 210 valence electrons. The Morgan fingerprint density at radius 3 is 1.90 bits per heavy atom. The lowest BCUT2D eigenvalue weighted by molar-refractivity contribution is -0.00707. The van der Waals surface area contributed by atoms with Crippen molar-refractivity contribution in [2.75, 3.05) is 0 Å². The average Bonchev–Trinajstić information content (AvgIpc) is 3.28. The molecule has 40 heavy (non-hydrogen) atoms. The highest BCUT2D eigenvalue weighted by molar-refractivity contribution is 5.96. The van der Waals surface area contributed by atoms with Crippen molar-refractivity contribution in [1.82, 2.24) is 19.4 Å². The van der Waals surface area contributed by atoms with Crippen molar-refractivity contribution in [3.05, 3.63) is 46.9 Å². The maximum absolute atomic E-state index is 5.42. The van der Waals surface area contributed by atoms with Crippen LogP contribution in [-0.2, 0) is 21.7 Å². The molecule has 0 N–H and O–H groups in total. The summed E-state index contributed by atoms with van der Waals surface area (Å²) in [5.41, 5.74) is 8.68. The van der Waals surface area contributed by atoms with Gasteiger partial charge in [-0.2, -0.15) is 0 Å². The van der Waals surface area contributed by atoms with Gasteiger partial charge >= 0.3 is 0 Å².